The van der Waals surface area contributed by atoms with Gasteiger partial charge in [0.1, 0.15) is 52.7 Å². The highest BCUT2D eigenvalue weighted by Gasteiger charge is 2.35. The number of ether oxygens (including phenoxy) is 4. The fourth-order valence-electron chi connectivity index (χ4n) is 5.63. The van der Waals surface area contributed by atoms with Crippen LogP contribution in [-0.2, 0) is 6.18 Å². The van der Waals surface area contributed by atoms with Crippen molar-refractivity contribution in [1.29, 1.82) is 0 Å². The molecule has 4 heterocycles. The number of halogens is 3. The van der Waals surface area contributed by atoms with Crippen molar-refractivity contribution in [1.82, 2.24) is 29.5 Å². The molecular weight excluding hydrogens is 673 g/mol. The van der Waals surface area contributed by atoms with Gasteiger partial charge in [-0.25, -0.2) is 24.9 Å². The number of aryl methyl sites for hydroxylation is 1. The van der Waals surface area contributed by atoms with Gasteiger partial charge in [-0.2, -0.15) is 13.2 Å². The van der Waals surface area contributed by atoms with Crippen LogP contribution in [-0.4, -0.2) is 29.5 Å². The van der Waals surface area contributed by atoms with Crippen LogP contribution in [0.2, 0.25) is 0 Å². The van der Waals surface area contributed by atoms with E-state index < -0.39 is 17.6 Å². The number of fused-ring (bicyclic) bond motifs is 3. The maximum atomic E-state index is 13.5. The molecule has 0 fully saturated rings. The number of rotatable bonds is 9. The normalized spacial score (nSPS) is 11.5. The molecule has 0 atom stereocenters. The Morgan fingerprint density at radius 1 is 0.519 bits per heavy atom. The van der Waals surface area contributed by atoms with Crippen LogP contribution in [0.3, 0.4) is 0 Å². The molecule has 4 aromatic heterocycles. The van der Waals surface area contributed by atoms with Gasteiger partial charge in [-0.15, -0.1) is 0 Å². The number of hydrogen-bond acceptors (Lipinski definition) is 9. The summed E-state index contributed by atoms with van der Waals surface area (Å²) in [6, 6.07) is 30.7. The predicted octanol–water partition coefficient (Wildman–Crippen LogP) is 10.3. The van der Waals surface area contributed by atoms with E-state index in [1.165, 1.54) is 37.1 Å². The zero-order valence-corrected chi connectivity index (χ0v) is 27.2. The molecule has 8 rings (SSSR count). The summed E-state index contributed by atoms with van der Waals surface area (Å²) in [5, 5.41) is 1.80. The standard InChI is InChI=1S/C39H25F3N6O4/c1-24-6-4-16-44-36(24)51-27-9-2-7-25(18-27)49-29-12-14-31-32-15-13-30(21-35(32)48(34(31)20-29)38-46-22-43-23-47-38)50-26-8-3-10-28(19-26)52-37-33(39(40,41)42)11-5-17-45-37/h2-23H,1H3. The number of benzene rings is 4. The molecule has 10 nitrogen and oxygen atoms in total. The van der Waals surface area contributed by atoms with E-state index in [4.69, 9.17) is 18.9 Å². The number of aromatic nitrogens is 6. The van der Waals surface area contributed by atoms with Crippen molar-refractivity contribution in [2.24, 2.45) is 0 Å². The van der Waals surface area contributed by atoms with E-state index in [0.29, 0.717) is 40.6 Å². The zero-order chi connectivity index (χ0) is 35.7. The van der Waals surface area contributed by atoms with Gasteiger partial charge in [0.05, 0.1) is 11.0 Å². The van der Waals surface area contributed by atoms with Crippen LogP contribution in [0, 0.1) is 6.92 Å². The summed E-state index contributed by atoms with van der Waals surface area (Å²) < 4.78 is 66.4. The van der Waals surface area contributed by atoms with Crippen molar-refractivity contribution in [3.8, 4) is 52.2 Å². The van der Waals surface area contributed by atoms with Crippen LogP contribution in [0.25, 0.3) is 27.8 Å². The monoisotopic (exact) mass is 698 g/mol. The molecule has 0 saturated heterocycles. The summed E-state index contributed by atoms with van der Waals surface area (Å²) in [4.78, 5) is 20.9. The Hall–Kier alpha value is -7.02. The second-order valence-electron chi connectivity index (χ2n) is 11.5. The quantitative estimate of drug-likeness (QED) is 0.146. The summed E-state index contributed by atoms with van der Waals surface area (Å²) in [7, 11) is 0. The van der Waals surface area contributed by atoms with E-state index in [9.17, 15) is 13.2 Å². The molecular formula is C39H25F3N6O4. The van der Waals surface area contributed by atoms with E-state index in [1.807, 2.05) is 72.2 Å². The van der Waals surface area contributed by atoms with E-state index in [-0.39, 0.29) is 5.75 Å². The predicted molar refractivity (Wildman–Crippen MR) is 186 cm³/mol. The Balaban J connectivity index is 1.11. The van der Waals surface area contributed by atoms with Crippen molar-refractivity contribution in [2.45, 2.75) is 13.1 Å². The summed E-state index contributed by atoms with van der Waals surface area (Å²) in [6.45, 7) is 1.93. The van der Waals surface area contributed by atoms with Crippen LogP contribution in [0.5, 0.6) is 46.3 Å². The molecule has 13 heteroatoms. The topological polar surface area (TPSA) is 106 Å². The Labute approximate surface area is 293 Å². The van der Waals surface area contributed by atoms with Crippen molar-refractivity contribution < 1.29 is 32.1 Å². The Bertz CT molecular complexity index is 2560. The second-order valence-corrected chi connectivity index (χ2v) is 11.5. The molecule has 0 amide bonds. The third-order valence-corrected chi connectivity index (χ3v) is 7.94. The summed E-state index contributed by atoms with van der Waals surface area (Å²) in [6.07, 6.45) is 1.10. The number of hydrogen-bond donors (Lipinski definition) is 0. The number of alkyl halides is 3. The van der Waals surface area contributed by atoms with Crippen molar-refractivity contribution in [3.05, 3.63) is 145 Å². The summed E-state index contributed by atoms with van der Waals surface area (Å²) in [5.74, 6) is 2.94. The van der Waals surface area contributed by atoms with Gasteiger partial charge in [0.2, 0.25) is 17.7 Å². The Morgan fingerprint density at radius 3 is 1.58 bits per heavy atom. The highest BCUT2D eigenvalue weighted by molar-refractivity contribution is 6.09. The van der Waals surface area contributed by atoms with Crippen LogP contribution in [0.4, 0.5) is 13.2 Å². The maximum absolute atomic E-state index is 13.5. The van der Waals surface area contributed by atoms with Crippen LogP contribution in [0.1, 0.15) is 11.1 Å². The average molecular weight is 699 g/mol. The lowest BCUT2D eigenvalue weighted by Gasteiger charge is -2.13. The second kappa shape index (κ2) is 13.4. The SMILES string of the molecule is Cc1cccnc1Oc1cccc(Oc2ccc3c4ccc(Oc5cccc(Oc6ncccc6C(F)(F)F)c5)cc4n(-c4ncncn4)c3c2)c1. The third kappa shape index (κ3) is 6.62. The molecule has 0 aliphatic rings. The van der Waals surface area contributed by atoms with Crippen molar-refractivity contribution >= 4 is 21.8 Å². The molecule has 4 aromatic carbocycles. The molecule has 256 valence electrons. The van der Waals surface area contributed by atoms with Crippen LogP contribution in [0.15, 0.2) is 134 Å². The number of nitrogens with zero attached hydrogens (tertiary/aromatic N) is 6. The minimum Gasteiger partial charge on any atom is -0.457 e. The summed E-state index contributed by atoms with van der Waals surface area (Å²) in [5.41, 5.74) is 1.42. The van der Waals surface area contributed by atoms with E-state index in [1.54, 1.807) is 30.5 Å². The van der Waals surface area contributed by atoms with Crippen molar-refractivity contribution in [2.75, 3.05) is 0 Å². The molecule has 0 saturated carbocycles. The molecule has 0 bridgehead atoms. The van der Waals surface area contributed by atoms with E-state index in [2.05, 4.69) is 24.9 Å². The Kier molecular flexibility index (Phi) is 8.27. The zero-order valence-electron chi connectivity index (χ0n) is 27.2. The lowest BCUT2D eigenvalue weighted by molar-refractivity contribution is -0.138. The number of pyridine rings is 2. The largest absolute Gasteiger partial charge is 0.457 e. The third-order valence-electron chi connectivity index (χ3n) is 7.94. The van der Waals surface area contributed by atoms with Gasteiger partial charge in [-0.05, 0) is 73.7 Å². The molecule has 0 aliphatic heterocycles. The van der Waals surface area contributed by atoms with Gasteiger partial charge in [0.25, 0.3) is 0 Å². The summed E-state index contributed by atoms with van der Waals surface area (Å²) >= 11 is 0. The molecule has 0 aliphatic carbocycles. The minimum absolute atomic E-state index is 0.124. The smallest absolute Gasteiger partial charge is 0.421 e. The van der Waals surface area contributed by atoms with E-state index in [0.717, 1.165) is 33.4 Å². The molecule has 0 N–H and O–H groups in total. The first kappa shape index (κ1) is 32.2. The van der Waals surface area contributed by atoms with Gasteiger partial charge in [-0.1, -0.05) is 18.2 Å². The first-order chi connectivity index (χ1) is 25.3. The van der Waals surface area contributed by atoms with Gasteiger partial charge >= 0.3 is 6.18 Å². The van der Waals surface area contributed by atoms with Gasteiger partial charge in [0, 0.05) is 53.0 Å². The molecule has 0 spiro atoms. The first-order valence-electron chi connectivity index (χ1n) is 15.8. The maximum Gasteiger partial charge on any atom is 0.421 e. The molecule has 0 unspecified atom stereocenters. The molecule has 0 radical (unpaired) electrons. The Morgan fingerprint density at radius 2 is 1.02 bits per heavy atom. The average Bonchev–Trinajstić information content (AvgIpc) is 3.46. The fourth-order valence-corrected chi connectivity index (χ4v) is 5.63. The highest BCUT2D eigenvalue weighted by Crippen LogP contribution is 2.39. The lowest BCUT2D eigenvalue weighted by atomic mass is 10.1. The first-order valence-corrected chi connectivity index (χ1v) is 15.8. The van der Waals surface area contributed by atoms with Gasteiger partial charge in [-0.3, -0.25) is 4.57 Å². The lowest BCUT2D eigenvalue weighted by Crippen LogP contribution is -2.08. The van der Waals surface area contributed by atoms with Crippen LogP contribution < -0.4 is 18.9 Å². The molecule has 8 aromatic rings. The van der Waals surface area contributed by atoms with Gasteiger partial charge in [0.15, 0.2) is 0 Å². The molecule has 52 heavy (non-hydrogen) atoms. The fraction of sp³-hybridized carbons (Fsp3) is 0.0513. The highest BCUT2D eigenvalue weighted by atomic mass is 19.4. The van der Waals surface area contributed by atoms with Crippen molar-refractivity contribution in [3.63, 3.8) is 0 Å². The van der Waals surface area contributed by atoms with Crippen LogP contribution >= 0.6 is 0 Å². The minimum atomic E-state index is -4.63. The van der Waals surface area contributed by atoms with E-state index >= 15 is 0 Å². The van der Waals surface area contributed by atoms with Gasteiger partial charge < -0.3 is 18.9 Å².